The maximum atomic E-state index is 4.53. The van der Waals surface area contributed by atoms with Crippen molar-refractivity contribution in [3.05, 3.63) is 64.0 Å². The number of guanidine groups is 1. The Bertz CT molecular complexity index is 900. The molecule has 1 atom stereocenters. The van der Waals surface area contributed by atoms with Gasteiger partial charge in [-0.05, 0) is 44.5 Å². The number of rotatable bonds is 6. The first-order chi connectivity index (χ1) is 13.0. The smallest absolute Gasteiger partial charge is 0.191 e. The monoisotopic (exact) mass is 510 g/mol. The molecule has 0 amide bonds. The fraction of sp³-hybridized carbons (Fsp3) is 0.350. The van der Waals surface area contributed by atoms with Crippen LogP contribution in [0.4, 0.5) is 0 Å². The Balaban J connectivity index is 0.00000280. The molecule has 0 aromatic carbocycles. The van der Waals surface area contributed by atoms with Gasteiger partial charge in [0.25, 0.3) is 0 Å². The number of nitrogens with zero attached hydrogens (tertiary/aromatic N) is 4. The van der Waals surface area contributed by atoms with Crippen LogP contribution in [0.15, 0.2) is 47.8 Å². The summed E-state index contributed by atoms with van der Waals surface area (Å²) < 4.78 is 1.96. The van der Waals surface area contributed by atoms with Crippen LogP contribution in [-0.4, -0.2) is 33.6 Å². The summed E-state index contributed by atoms with van der Waals surface area (Å²) in [6, 6.07) is 8.74. The number of aliphatic imine (C=N–C) groups is 1. The van der Waals surface area contributed by atoms with Crippen molar-refractivity contribution in [1.29, 1.82) is 0 Å². The zero-order valence-electron chi connectivity index (χ0n) is 16.6. The second kappa shape index (κ2) is 10.6. The van der Waals surface area contributed by atoms with E-state index in [2.05, 4.69) is 57.6 Å². The van der Waals surface area contributed by atoms with Gasteiger partial charge in [-0.3, -0.25) is 9.56 Å². The molecule has 3 rings (SSSR count). The lowest BCUT2D eigenvalue weighted by atomic mass is 10.2. The average molecular weight is 510 g/mol. The van der Waals surface area contributed by atoms with Gasteiger partial charge in [-0.1, -0.05) is 6.07 Å². The quantitative estimate of drug-likeness (QED) is 0.300. The van der Waals surface area contributed by atoms with Gasteiger partial charge in [0.15, 0.2) is 5.96 Å². The molecule has 1 unspecified atom stereocenters. The molecular weight excluding hydrogens is 483 g/mol. The summed E-state index contributed by atoms with van der Waals surface area (Å²) in [4.78, 5) is 15.8. The molecule has 0 aliphatic heterocycles. The molecule has 0 fully saturated rings. The lowest BCUT2D eigenvalue weighted by Crippen LogP contribution is -2.42. The highest BCUT2D eigenvalue weighted by Crippen LogP contribution is 2.16. The van der Waals surface area contributed by atoms with E-state index in [-0.39, 0.29) is 24.0 Å². The van der Waals surface area contributed by atoms with E-state index in [0.29, 0.717) is 12.6 Å². The molecule has 0 radical (unpaired) electrons. The Morgan fingerprint density at radius 1 is 1.21 bits per heavy atom. The first-order valence-electron chi connectivity index (χ1n) is 9.03. The van der Waals surface area contributed by atoms with E-state index >= 15 is 0 Å². The molecule has 0 saturated carbocycles. The lowest BCUT2D eigenvalue weighted by molar-refractivity contribution is 0.644. The van der Waals surface area contributed by atoms with Crippen molar-refractivity contribution in [1.82, 2.24) is 25.2 Å². The zero-order chi connectivity index (χ0) is 19.2. The van der Waals surface area contributed by atoms with Crippen LogP contribution in [0.5, 0.6) is 0 Å². The molecular formula is C20H27IN6S. The van der Waals surface area contributed by atoms with Crippen molar-refractivity contribution in [2.24, 2.45) is 4.99 Å². The molecule has 0 saturated heterocycles. The third kappa shape index (κ3) is 6.03. The second-order valence-electron chi connectivity index (χ2n) is 6.56. The third-order valence-corrected chi connectivity index (χ3v) is 5.27. The molecule has 3 aromatic rings. The van der Waals surface area contributed by atoms with Crippen LogP contribution in [0.2, 0.25) is 0 Å². The van der Waals surface area contributed by atoms with Gasteiger partial charge in [-0.2, -0.15) is 0 Å². The van der Waals surface area contributed by atoms with E-state index in [1.165, 1.54) is 9.75 Å². The van der Waals surface area contributed by atoms with E-state index in [9.17, 15) is 0 Å². The number of halogens is 1. The molecule has 8 heteroatoms. The fourth-order valence-electron chi connectivity index (χ4n) is 2.85. The standard InChI is InChI=1S/C20H26N6S.HI/c1-14(11-18-7-5-15(2)27-18)25-20(21-4)24-13-17-6-8-19(23-12-17)26-10-9-22-16(26)3;/h5-10,12,14H,11,13H2,1-4H3,(H2,21,24,25);1H. The molecule has 150 valence electrons. The number of pyridine rings is 1. The minimum absolute atomic E-state index is 0. The van der Waals surface area contributed by atoms with Gasteiger partial charge in [0.05, 0.1) is 0 Å². The Morgan fingerprint density at radius 3 is 2.61 bits per heavy atom. The largest absolute Gasteiger partial charge is 0.354 e. The minimum atomic E-state index is 0. The summed E-state index contributed by atoms with van der Waals surface area (Å²) in [6.07, 6.45) is 6.56. The normalized spacial score (nSPS) is 12.4. The maximum Gasteiger partial charge on any atom is 0.191 e. The average Bonchev–Trinajstić information content (AvgIpc) is 3.27. The Labute approximate surface area is 187 Å². The topological polar surface area (TPSA) is 67.1 Å². The Kier molecular flexibility index (Phi) is 8.43. The first-order valence-corrected chi connectivity index (χ1v) is 9.84. The summed E-state index contributed by atoms with van der Waals surface area (Å²) in [5, 5.41) is 6.80. The number of hydrogen-bond acceptors (Lipinski definition) is 4. The highest BCUT2D eigenvalue weighted by Gasteiger charge is 2.08. The van der Waals surface area contributed by atoms with Gasteiger partial charge < -0.3 is 10.6 Å². The van der Waals surface area contributed by atoms with Crippen LogP contribution in [0, 0.1) is 13.8 Å². The summed E-state index contributed by atoms with van der Waals surface area (Å²) in [7, 11) is 1.79. The molecule has 3 aromatic heterocycles. The minimum Gasteiger partial charge on any atom is -0.354 e. The predicted molar refractivity (Wildman–Crippen MR) is 127 cm³/mol. The number of hydrogen-bond donors (Lipinski definition) is 2. The number of thiophene rings is 1. The van der Waals surface area contributed by atoms with Gasteiger partial charge in [-0.25, -0.2) is 9.97 Å². The molecule has 28 heavy (non-hydrogen) atoms. The second-order valence-corrected chi connectivity index (χ2v) is 7.93. The van der Waals surface area contributed by atoms with E-state index in [4.69, 9.17) is 0 Å². The highest BCUT2D eigenvalue weighted by atomic mass is 127. The molecule has 0 aliphatic carbocycles. The zero-order valence-corrected chi connectivity index (χ0v) is 19.8. The van der Waals surface area contributed by atoms with Gasteiger partial charge in [-0.15, -0.1) is 35.3 Å². The van der Waals surface area contributed by atoms with Crippen LogP contribution in [0.1, 0.15) is 28.1 Å². The van der Waals surface area contributed by atoms with Gasteiger partial charge in [0.2, 0.25) is 0 Å². The van der Waals surface area contributed by atoms with E-state index in [0.717, 1.165) is 29.6 Å². The van der Waals surface area contributed by atoms with Crippen LogP contribution >= 0.6 is 35.3 Å². The Morgan fingerprint density at radius 2 is 2.04 bits per heavy atom. The number of imidazole rings is 1. The molecule has 0 aliphatic rings. The fourth-order valence-corrected chi connectivity index (χ4v) is 3.86. The molecule has 0 spiro atoms. The summed E-state index contributed by atoms with van der Waals surface area (Å²) >= 11 is 1.85. The molecule has 0 bridgehead atoms. The summed E-state index contributed by atoms with van der Waals surface area (Å²) in [5.41, 5.74) is 1.10. The lowest BCUT2D eigenvalue weighted by Gasteiger charge is -2.17. The predicted octanol–water partition coefficient (Wildman–Crippen LogP) is 3.86. The van der Waals surface area contributed by atoms with Crippen molar-refractivity contribution in [2.75, 3.05) is 7.05 Å². The van der Waals surface area contributed by atoms with Crippen LogP contribution in [0.25, 0.3) is 5.82 Å². The molecule has 2 N–H and O–H groups in total. The highest BCUT2D eigenvalue weighted by molar-refractivity contribution is 14.0. The van der Waals surface area contributed by atoms with E-state index in [1.54, 1.807) is 13.2 Å². The Hall–Kier alpha value is -1.94. The van der Waals surface area contributed by atoms with Crippen LogP contribution < -0.4 is 10.6 Å². The van der Waals surface area contributed by atoms with Crippen molar-refractivity contribution >= 4 is 41.3 Å². The van der Waals surface area contributed by atoms with Crippen molar-refractivity contribution in [3.63, 3.8) is 0 Å². The summed E-state index contributed by atoms with van der Waals surface area (Å²) in [5.74, 6) is 2.59. The first kappa shape index (κ1) is 22.4. The molecule has 3 heterocycles. The van der Waals surface area contributed by atoms with Crippen molar-refractivity contribution in [3.8, 4) is 5.82 Å². The van der Waals surface area contributed by atoms with E-state index in [1.807, 2.05) is 41.3 Å². The number of nitrogens with one attached hydrogen (secondary N) is 2. The summed E-state index contributed by atoms with van der Waals surface area (Å²) in [6.45, 7) is 6.94. The number of aromatic nitrogens is 3. The van der Waals surface area contributed by atoms with Gasteiger partial charge in [0, 0.05) is 54.4 Å². The number of aryl methyl sites for hydroxylation is 2. The van der Waals surface area contributed by atoms with Crippen molar-refractivity contribution < 1.29 is 0 Å². The van der Waals surface area contributed by atoms with Gasteiger partial charge in [0.1, 0.15) is 11.6 Å². The van der Waals surface area contributed by atoms with Crippen LogP contribution in [0.3, 0.4) is 0 Å². The van der Waals surface area contributed by atoms with Gasteiger partial charge >= 0.3 is 0 Å². The SMILES string of the molecule is CN=C(NCc1ccc(-n2ccnc2C)nc1)NC(C)Cc1ccc(C)s1.I. The maximum absolute atomic E-state index is 4.53. The van der Waals surface area contributed by atoms with E-state index < -0.39 is 0 Å². The van der Waals surface area contributed by atoms with Crippen molar-refractivity contribution in [2.45, 2.75) is 39.8 Å². The third-order valence-electron chi connectivity index (χ3n) is 4.25. The van der Waals surface area contributed by atoms with Crippen LogP contribution in [-0.2, 0) is 13.0 Å². The molecule has 6 nitrogen and oxygen atoms in total.